The van der Waals surface area contributed by atoms with E-state index in [1.807, 2.05) is 30.9 Å². The van der Waals surface area contributed by atoms with Crippen LogP contribution < -0.4 is 15.8 Å². The molecule has 0 atom stereocenters. The average molecular weight is 530 g/mol. The number of likely N-dealkylation sites (tertiary alicyclic amines) is 1. The maximum atomic E-state index is 12.7. The van der Waals surface area contributed by atoms with E-state index in [1.54, 1.807) is 27.8 Å². The number of aryl methyl sites for hydroxylation is 1. The molecule has 2 aliphatic rings. The standard InChI is InChI=1S/C29H35N7O3/c1-4-25(37)35-18-21(19-35)11-12-36-26(38)10-5-22-17-30-29(32-27(22)36)31-23-6-8-24(9-7-23)33-13-15-34(16-14-33)28(39)20(2)3/h4-10,17,20-21H,1,11-16,18-19H2,2-3H3,(H,30,31,32). The van der Waals surface area contributed by atoms with Gasteiger partial charge in [0, 0.05) is 80.8 Å². The Morgan fingerprint density at radius 3 is 2.44 bits per heavy atom. The molecule has 2 fully saturated rings. The Labute approximate surface area is 227 Å². The quantitative estimate of drug-likeness (QED) is 0.448. The van der Waals surface area contributed by atoms with E-state index in [2.05, 4.69) is 38.9 Å². The van der Waals surface area contributed by atoms with Crippen LogP contribution in [-0.2, 0) is 16.1 Å². The Bertz CT molecular complexity index is 1420. The number of fused-ring (bicyclic) bond motifs is 1. The van der Waals surface area contributed by atoms with Crippen LogP contribution in [0.25, 0.3) is 11.0 Å². The second-order valence-corrected chi connectivity index (χ2v) is 10.5. The number of piperazine rings is 1. The summed E-state index contributed by atoms with van der Waals surface area (Å²) in [5.41, 5.74) is 2.43. The molecule has 10 heteroatoms. The number of rotatable bonds is 8. The predicted octanol–water partition coefficient (Wildman–Crippen LogP) is 2.87. The molecule has 0 unspecified atom stereocenters. The summed E-state index contributed by atoms with van der Waals surface area (Å²) in [6, 6.07) is 11.4. The summed E-state index contributed by atoms with van der Waals surface area (Å²) in [6.07, 6.45) is 3.84. The molecule has 0 radical (unpaired) electrons. The van der Waals surface area contributed by atoms with Crippen LogP contribution in [0.15, 0.2) is 60.0 Å². The number of hydrogen-bond donors (Lipinski definition) is 1. The van der Waals surface area contributed by atoms with Crippen LogP contribution in [0.5, 0.6) is 0 Å². The van der Waals surface area contributed by atoms with Crippen molar-refractivity contribution in [2.24, 2.45) is 11.8 Å². The fourth-order valence-electron chi connectivity index (χ4n) is 5.16. The molecule has 3 aromatic rings. The Kier molecular flexibility index (Phi) is 7.63. The van der Waals surface area contributed by atoms with Gasteiger partial charge in [-0.1, -0.05) is 20.4 Å². The highest BCUT2D eigenvalue weighted by molar-refractivity contribution is 5.87. The van der Waals surface area contributed by atoms with Crippen LogP contribution in [0.3, 0.4) is 0 Å². The number of nitrogens with one attached hydrogen (secondary N) is 1. The van der Waals surface area contributed by atoms with Crippen molar-refractivity contribution in [3.63, 3.8) is 0 Å². The minimum Gasteiger partial charge on any atom is -0.368 e. The van der Waals surface area contributed by atoms with Crippen LogP contribution >= 0.6 is 0 Å². The minimum absolute atomic E-state index is 0.0250. The van der Waals surface area contributed by atoms with E-state index in [9.17, 15) is 14.4 Å². The fraction of sp³-hybridized carbons (Fsp3) is 0.414. The molecule has 5 rings (SSSR count). The summed E-state index contributed by atoms with van der Waals surface area (Å²) in [6.45, 7) is 12.4. The minimum atomic E-state index is -0.106. The number of carbonyl (C=O) groups is 2. The smallest absolute Gasteiger partial charge is 0.252 e. The summed E-state index contributed by atoms with van der Waals surface area (Å²) < 4.78 is 1.69. The molecule has 10 nitrogen and oxygen atoms in total. The van der Waals surface area contributed by atoms with E-state index in [-0.39, 0.29) is 23.3 Å². The first kappa shape index (κ1) is 26.4. The lowest BCUT2D eigenvalue weighted by molar-refractivity contribution is -0.134. The largest absolute Gasteiger partial charge is 0.368 e. The molecule has 1 aromatic carbocycles. The summed E-state index contributed by atoms with van der Waals surface area (Å²) >= 11 is 0. The highest BCUT2D eigenvalue weighted by Gasteiger charge is 2.29. The summed E-state index contributed by atoms with van der Waals surface area (Å²) in [4.78, 5) is 51.8. The van der Waals surface area contributed by atoms with Gasteiger partial charge in [-0.25, -0.2) is 4.98 Å². The lowest BCUT2D eigenvalue weighted by Gasteiger charge is -2.38. The van der Waals surface area contributed by atoms with E-state index >= 15 is 0 Å². The van der Waals surface area contributed by atoms with E-state index in [0.29, 0.717) is 37.1 Å². The van der Waals surface area contributed by atoms with E-state index in [0.717, 1.165) is 49.4 Å². The molecule has 0 bridgehead atoms. The molecule has 2 aliphatic heterocycles. The van der Waals surface area contributed by atoms with Crippen molar-refractivity contribution in [3.8, 4) is 0 Å². The first-order valence-electron chi connectivity index (χ1n) is 13.5. The van der Waals surface area contributed by atoms with Gasteiger partial charge in [0.25, 0.3) is 5.56 Å². The van der Waals surface area contributed by atoms with Gasteiger partial charge in [-0.3, -0.25) is 19.0 Å². The molecule has 0 spiro atoms. The molecule has 2 saturated heterocycles. The SMILES string of the molecule is C=CC(=O)N1CC(CCn2c(=O)ccc3cnc(Nc4ccc(N5CCN(C(=O)C(C)C)CC5)cc4)nc32)C1. The van der Waals surface area contributed by atoms with Gasteiger partial charge >= 0.3 is 0 Å². The monoisotopic (exact) mass is 529 g/mol. The first-order valence-corrected chi connectivity index (χ1v) is 13.5. The molecule has 1 N–H and O–H groups in total. The van der Waals surface area contributed by atoms with Gasteiger partial charge in [-0.2, -0.15) is 4.98 Å². The number of carbonyl (C=O) groups excluding carboxylic acids is 2. The Morgan fingerprint density at radius 1 is 1.05 bits per heavy atom. The lowest BCUT2D eigenvalue weighted by atomic mass is 9.96. The highest BCUT2D eigenvalue weighted by Crippen LogP contribution is 2.23. The molecule has 39 heavy (non-hydrogen) atoms. The molecule has 2 amide bonds. The lowest BCUT2D eigenvalue weighted by Crippen LogP contribution is -2.49. The molecule has 0 saturated carbocycles. The van der Waals surface area contributed by atoms with Crippen molar-refractivity contribution in [2.75, 3.05) is 49.5 Å². The van der Waals surface area contributed by atoms with Crippen molar-refractivity contribution in [2.45, 2.75) is 26.8 Å². The van der Waals surface area contributed by atoms with E-state index in [4.69, 9.17) is 0 Å². The second-order valence-electron chi connectivity index (χ2n) is 10.5. The van der Waals surface area contributed by atoms with Crippen LogP contribution in [0, 0.1) is 11.8 Å². The number of hydrogen-bond acceptors (Lipinski definition) is 7. The van der Waals surface area contributed by atoms with Gasteiger partial charge < -0.3 is 20.0 Å². The second kappa shape index (κ2) is 11.3. The molecule has 0 aliphatic carbocycles. The molecule has 204 valence electrons. The van der Waals surface area contributed by atoms with Gasteiger partial charge in [0.1, 0.15) is 5.65 Å². The highest BCUT2D eigenvalue weighted by atomic mass is 16.2. The van der Waals surface area contributed by atoms with Gasteiger partial charge in [-0.15, -0.1) is 0 Å². The van der Waals surface area contributed by atoms with Crippen molar-refractivity contribution in [1.82, 2.24) is 24.3 Å². The zero-order valence-corrected chi connectivity index (χ0v) is 22.5. The summed E-state index contributed by atoms with van der Waals surface area (Å²) in [7, 11) is 0. The van der Waals surface area contributed by atoms with Gasteiger partial charge in [0.15, 0.2) is 0 Å². The number of aromatic nitrogens is 3. The van der Waals surface area contributed by atoms with Crippen LogP contribution in [0.2, 0.25) is 0 Å². The van der Waals surface area contributed by atoms with Crippen molar-refractivity contribution in [3.05, 3.63) is 65.6 Å². The first-order chi connectivity index (χ1) is 18.8. The van der Waals surface area contributed by atoms with Gasteiger partial charge in [0.05, 0.1) is 0 Å². The van der Waals surface area contributed by atoms with Gasteiger partial charge in [-0.05, 0) is 48.7 Å². The third-order valence-electron chi connectivity index (χ3n) is 7.50. The number of pyridine rings is 1. The van der Waals surface area contributed by atoms with E-state index in [1.165, 1.54) is 6.08 Å². The molecular formula is C29H35N7O3. The van der Waals surface area contributed by atoms with Gasteiger partial charge in [0.2, 0.25) is 17.8 Å². The zero-order chi connectivity index (χ0) is 27.5. The van der Waals surface area contributed by atoms with Crippen LogP contribution in [-0.4, -0.2) is 75.4 Å². The zero-order valence-electron chi connectivity index (χ0n) is 22.5. The Hall–Kier alpha value is -4.21. The number of amides is 2. The number of nitrogens with zero attached hydrogens (tertiary/aromatic N) is 6. The summed E-state index contributed by atoms with van der Waals surface area (Å²) in [5.74, 6) is 0.960. The maximum absolute atomic E-state index is 12.7. The maximum Gasteiger partial charge on any atom is 0.252 e. The number of anilines is 3. The average Bonchev–Trinajstić information content (AvgIpc) is 2.93. The van der Waals surface area contributed by atoms with Crippen molar-refractivity contribution in [1.29, 1.82) is 0 Å². The summed E-state index contributed by atoms with van der Waals surface area (Å²) in [5, 5.41) is 4.05. The Balaban J connectivity index is 1.23. The molecule has 4 heterocycles. The number of benzene rings is 1. The van der Waals surface area contributed by atoms with E-state index < -0.39 is 0 Å². The van der Waals surface area contributed by atoms with Crippen LogP contribution in [0.1, 0.15) is 20.3 Å². The van der Waals surface area contributed by atoms with Crippen LogP contribution in [0.4, 0.5) is 17.3 Å². The third-order valence-corrected chi connectivity index (χ3v) is 7.50. The Morgan fingerprint density at radius 2 is 1.77 bits per heavy atom. The predicted molar refractivity (Wildman–Crippen MR) is 152 cm³/mol. The third kappa shape index (κ3) is 5.79. The molecule has 2 aromatic heterocycles. The normalized spacial score (nSPS) is 15.9. The molecular weight excluding hydrogens is 494 g/mol. The van der Waals surface area contributed by atoms with Crippen molar-refractivity contribution >= 4 is 40.2 Å². The fourth-order valence-corrected chi connectivity index (χ4v) is 5.16. The van der Waals surface area contributed by atoms with Crippen molar-refractivity contribution < 1.29 is 9.59 Å². The topological polar surface area (TPSA) is 104 Å².